The molecule has 3 heterocycles. The number of hydrogen-bond donors (Lipinski definition) is 0. The highest BCUT2D eigenvalue weighted by molar-refractivity contribution is 5.46. The second-order valence-corrected chi connectivity index (χ2v) is 6.87. The van der Waals surface area contributed by atoms with Crippen molar-refractivity contribution in [1.29, 1.82) is 0 Å². The Morgan fingerprint density at radius 3 is 2.88 bits per heavy atom. The fourth-order valence-electron chi connectivity index (χ4n) is 3.70. The summed E-state index contributed by atoms with van der Waals surface area (Å²) in [6, 6.07) is 8.77. The van der Waals surface area contributed by atoms with Gasteiger partial charge in [0.25, 0.3) is 0 Å². The summed E-state index contributed by atoms with van der Waals surface area (Å²) in [6.07, 6.45) is 6.92. The Bertz CT molecular complexity index is 849. The van der Waals surface area contributed by atoms with Gasteiger partial charge in [-0.05, 0) is 36.9 Å². The van der Waals surface area contributed by atoms with E-state index in [9.17, 15) is 0 Å². The van der Waals surface area contributed by atoms with E-state index in [4.69, 9.17) is 0 Å². The molecule has 3 aromatic rings. The van der Waals surface area contributed by atoms with Crippen LogP contribution in [0.2, 0.25) is 0 Å². The van der Waals surface area contributed by atoms with Crippen molar-refractivity contribution in [2.24, 2.45) is 7.05 Å². The fraction of sp³-hybridized carbons (Fsp3) is 0.421. The third-order valence-electron chi connectivity index (χ3n) is 5.13. The maximum atomic E-state index is 4.33. The second kappa shape index (κ2) is 6.80. The van der Waals surface area contributed by atoms with Crippen molar-refractivity contribution in [3.63, 3.8) is 0 Å². The molecule has 1 atom stereocenters. The van der Waals surface area contributed by atoms with Crippen LogP contribution in [-0.4, -0.2) is 49.1 Å². The molecule has 0 spiro atoms. The third kappa shape index (κ3) is 3.35. The summed E-state index contributed by atoms with van der Waals surface area (Å²) in [6.45, 7) is 6.36. The maximum absolute atomic E-state index is 4.33. The summed E-state index contributed by atoms with van der Waals surface area (Å²) in [4.78, 5) is 6.85. The van der Waals surface area contributed by atoms with Crippen LogP contribution in [0.15, 0.2) is 42.9 Å². The van der Waals surface area contributed by atoms with E-state index in [0.29, 0.717) is 5.92 Å². The number of aromatic nitrogens is 5. The predicted octanol–water partition coefficient (Wildman–Crippen LogP) is 2.48. The van der Waals surface area contributed by atoms with Crippen LogP contribution < -0.4 is 0 Å². The Hall–Kier alpha value is -2.47. The standard InChI is InChI=1S/C19H24N6/c1-15-5-3-4-6-17(15)16-7-9-24(13-16)11-12-25-14-18(21-22-25)19-20-8-10-23(19)2/h3-6,8,10,14,16H,7,9,11-13H2,1-2H3/t16-/m0/s1. The minimum absolute atomic E-state index is 0.653. The van der Waals surface area contributed by atoms with Crippen LogP contribution in [-0.2, 0) is 13.6 Å². The average Bonchev–Trinajstić information content (AvgIpc) is 3.33. The first kappa shape index (κ1) is 16.0. The number of nitrogens with zero attached hydrogens (tertiary/aromatic N) is 6. The lowest BCUT2D eigenvalue weighted by atomic mass is 9.94. The van der Waals surface area contributed by atoms with Crippen LogP contribution in [0.4, 0.5) is 0 Å². The Labute approximate surface area is 148 Å². The first-order chi connectivity index (χ1) is 12.2. The lowest BCUT2D eigenvalue weighted by molar-refractivity contribution is 0.310. The third-order valence-corrected chi connectivity index (χ3v) is 5.13. The van der Waals surface area contributed by atoms with E-state index in [0.717, 1.165) is 37.7 Å². The quantitative estimate of drug-likeness (QED) is 0.718. The van der Waals surface area contributed by atoms with Crippen LogP contribution in [0.25, 0.3) is 11.5 Å². The molecule has 25 heavy (non-hydrogen) atoms. The molecule has 1 fully saturated rings. The second-order valence-electron chi connectivity index (χ2n) is 6.87. The number of aryl methyl sites for hydroxylation is 2. The van der Waals surface area contributed by atoms with Gasteiger partial charge in [-0.2, -0.15) is 0 Å². The summed E-state index contributed by atoms with van der Waals surface area (Å²) in [5, 5.41) is 8.50. The molecule has 0 aliphatic carbocycles. The minimum Gasteiger partial charge on any atom is -0.333 e. The first-order valence-corrected chi connectivity index (χ1v) is 8.86. The Kier molecular flexibility index (Phi) is 4.36. The van der Waals surface area contributed by atoms with Gasteiger partial charge in [-0.3, -0.25) is 4.68 Å². The molecule has 0 amide bonds. The molecule has 0 N–H and O–H groups in total. The molecule has 6 nitrogen and oxygen atoms in total. The van der Waals surface area contributed by atoms with Gasteiger partial charge in [0.15, 0.2) is 5.82 Å². The van der Waals surface area contributed by atoms with Gasteiger partial charge in [0.1, 0.15) is 5.69 Å². The zero-order chi connectivity index (χ0) is 17.2. The van der Waals surface area contributed by atoms with Gasteiger partial charge < -0.3 is 9.47 Å². The largest absolute Gasteiger partial charge is 0.333 e. The molecule has 1 aliphatic heterocycles. The van der Waals surface area contributed by atoms with Gasteiger partial charge in [-0.25, -0.2) is 4.98 Å². The Morgan fingerprint density at radius 1 is 1.20 bits per heavy atom. The molecule has 0 unspecified atom stereocenters. The van der Waals surface area contributed by atoms with Gasteiger partial charge >= 0.3 is 0 Å². The van der Waals surface area contributed by atoms with Crippen molar-refractivity contribution in [3.05, 3.63) is 54.0 Å². The SMILES string of the molecule is Cc1ccccc1[C@H]1CCN(CCn2cc(-c3nccn3C)nn2)C1. The zero-order valence-corrected chi connectivity index (χ0v) is 14.8. The summed E-state index contributed by atoms with van der Waals surface area (Å²) in [7, 11) is 1.97. The predicted molar refractivity (Wildman–Crippen MR) is 97.2 cm³/mol. The van der Waals surface area contributed by atoms with Crippen LogP contribution in [0.5, 0.6) is 0 Å². The van der Waals surface area contributed by atoms with Crippen molar-refractivity contribution in [2.75, 3.05) is 19.6 Å². The normalized spacial score (nSPS) is 18.1. The molecule has 0 bridgehead atoms. The van der Waals surface area contributed by atoms with Gasteiger partial charge in [0, 0.05) is 32.5 Å². The molecule has 1 saturated heterocycles. The lowest BCUT2D eigenvalue weighted by Gasteiger charge is -2.17. The minimum atomic E-state index is 0.653. The van der Waals surface area contributed by atoms with Gasteiger partial charge in [-0.15, -0.1) is 5.10 Å². The summed E-state index contributed by atoms with van der Waals surface area (Å²) in [5.74, 6) is 1.51. The van der Waals surface area contributed by atoms with E-state index in [1.807, 2.05) is 28.7 Å². The van der Waals surface area contributed by atoms with E-state index in [1.165, 1.54) is 17.5 Å². The molecular formula is C19H24N6. The van der Waals surface area contributed by atoms with Gasteiger partial charge in [0.2, 0.25) is 0 Å². The first-order valence-electron chi connectivity index (χ1n) is 8.86. The number of rotatable bonds is 5. The van der Waals surface area contributed by atoms with Gasteiger partial charge in [-0.1, -0.05) is 29.5 Å². The summed E-state index contributed by atoms with van der Waals surface area (Å²) < 4.78 is 3.88. The van der Waals surface area contributed by atoms with E-state index >= 15 is 0 Å². The highest BCUT2D eigenvalue weighted by atomic mass is 15.4. The number of benzene rings is 1. The molecule has 1 aromatic carbocycles. The Balaban J connectivity index is 1.35. The molecule has 2 aromatic heterocycles. The summed E-state index contributed by atoms with van der Waals surface area (Å²) in [5.41, 5.74) is 3.74. The van der Waals surface area contributed by atoms with Crippen LogP contribution in [0.3, 0.4) is 0 Å². The molecule has 4 rings (SSSR count). The molecule has 130 valence electrons. The monoisotopic (exact) mass is 336 g/mol. The van der Waals surface area contributed by atoms with Crippen molar-refractivity contribution in [1.82, 2.24) is 29.4 Å². The topological polar surface area (TPSA) is 51.8 Å². The number of hydrogen-bond acceptors (Lipinski definition) is 4. The smallest absolute Gasteiger partial charge is 0.161 e. The van der Waals surface area contributed by atoms with E-state index in [2.05, 4.69) is 51.4 Å². The van der Waals surface area contributed by atoms with Crippen molar-refractivity contribution in [3.8, 4) is 11.5 Å². The molecule has 1 aliphatic rings. The van der Waals surface area contributed by atoms with Gasteiger partial charge in [0.05, 0.1) is 12.7 Å². The van der Waals surface area contributed by atoms with Crippen LogP contribution >= 0.6 is 0 Å². The average molecular weight is 336 g/mol. The van der Waals surface area contributed by atoms with Crippen molar-refractivity contribution in [2.45, 2.75) is 25.8 Å². The maximum Gasteiger partial charge on any atom is 0.161 e. The van der Waals surface area contributed by atoms with E-state index in [-0.39, 0.29) is 0 Å². The summed E-state index contributed by atoms with van der Waals surface area (Å²) >= 11 is 0. The Morgan fingerprint density at radius 2 is 2.08 bits per heavy atom. The van der Waals surface area contributed by atoms with Crippen molar-refractivity contribution >= 4 is 0 Å². The molecule has 0 radical (unpaired) electrons. The molecular weight excluding hydrogens is 312 g/mol. The fourth-order valence-corrected chi connectivity index (χ4v) is 3.70. The lowest BCUT2D eigenvalue weighted by Crippen LogP contribution is -2.25. The highest BCUT2D eigenvalue weighted by Crippen LogP contribution is 2.29. The highest BCUT2D eigenvalue weighted by Gasteiger charge is 2.24. The van der Waals surface area contributed by atoms with E-state index < -0.39 is 0 Å². The van der Waals surface area contributed by atoms with Crippen LogP contribution in [0.1, 0.15) is 23.5 Å². The molecule has 6 heteroatoms. The van der Waals surface area contributed by atoms with E-state index in [1.54, 1.807) is 6.20 Å². The van der Waals surface area contributed by atoms with Crippen LogP contribution in [0, 0.1) is 6.92 Å². The number of imidazole rings is 1. The zero-order valence-electron chi connectivity index (χ0n) is 14.8. The number of likely N-dealkylation sites (tertiary alicyclic amines) is 1. The van der Waals surface area contributed by atoms with Crippen molar-refractivity contribution < 1.29 is 0 Å². The molecule has 0 saturated carbocycles.